The third-order valence-electron chi connectivity index (χ3n) is 5.16. The van der Waals surface area contributed by atoms with Crippen LogP contribution in [-0.4, -0.2) is 17.5 Å². The highest BCUT2D eigenvalue weighted by atomic mass is 16.5. The van der Waals surface area contributed by atoms with Crippen LogP contribution in [0.25, 0.3) is 10.9 Å². The molecule has 4 rings (SSSR count). The number of ketones is 1. The van der Waals surface area contributed by atoms with Crippen molar-refractivity contribution in [3.63, 3.8) is 0 Å². The van der Waals surface area contributed by atoms with Crippen molar-refractivity contribution in [2.24, 2.45) is 0 Å². The molecule has 3 heteroatoms. The Bertz CT molecular complexity index is 935. The topological polar surface area (TPSA) is 31.2 Å². The monoisotopic (exact) mass is 319 g/mol. The van der Waals surface area contributed by atoms with Gasteiger partial charge in [-0.3, -0.25) is 4.79 Å². The lowest BCUT2D eigenvalue weighted by Crippen LogP contribution is -2.05. The predicted octanol–water partition coefficient (Wildman–Crippen LogP) is 4.70. The summed E-state index contributed by atoms with van der Waals surface area (Å²) >= 11 is 0. The smallest absolute Gasteiger partial charge is 0.195 e. The van der Waals surface area contributed by atoms with Gasteiger partial charge in [0.2, 0.25) is 0 Å². The zero-order chi connectivity index (χ0) is 16.8. The summed E-state index contributed by atoms with van der Waals surface area (Å²) in [6, 6.07) is 13.7. The molecule has 1 atom stereocenters. The minimum absolute atomic E-state index is 0.107. The molecule has 1 aromatic heterocycles. The summed E-state index contributed by atoms with van der Waals surface area (Å²) in [7, 11) is 1.63. The molecule has 0 bridgehead atoms. The standard InChI is InChI=1S/C21H21NO2/c1-13-5-4-6-17-18(20-14(2)11-12-22(20)19(13)17)21(23)15-7-9-16(24-3)10-8-15/h4-10,14H,11-12H2,1-3H3. The van der Waals surface area contributed by atoms with Crippen LogP contribution in [0.1, 0.15) is 46.4 Å². The molecule has 0 radical (unpaired) electrons. The van der Waals surface area contributed by atoms with E-state index in [-0.39, 0.29) is 5.78 Å². The molecule has 1 unspecified atom stereocenters. The lowest BCUT2D eigenvalue weighted by atomic mass is 9.94. The Morgan fingerprint density at radius 2 is 1.92 bits per heavy atom. The second-order valence-corrected chi connectivity index (χ2v) is 6.63. The van der Waals surface area contributed by atoms with E-state index in [0.29, 0.717) is 11.5 Å². The highest BCUT2D eigenvalue weighted by molar-refractivity contribution is 6.18. The second kappa shape index (κ2) is 5.52. The van der Waals surface area contributed by atoms with Gasteiger partial charge in [-0.1, -0.05) is 25.1 Å². The van der Waals surface area contributed by atoms with E-state index in [1.165, 1.54) is 16.8 Å². The molecule has 0 fully saturated rings. The Kier molecular flexibility index (Phi) is 3.45. The highest BCUT2D eigenvalue weighted by Crippen LogP contribution is 2.40. The zero-order valence-electron chi connectivity index (χ0n) is 14.3. The van der Waals surface area contributed by atoms with Gasteiger partial charge in [0.25, 0.3) is 0 Å². The molecule has 0 spiro atoms. The quantitative estimate of drug-likeness (QED) is 0.655. The summed E-state index contributed by atoms with van der Waals surface area (Å²) in [5.41, 5.74) is 5.24. The average molecular weight is 319 g/mol. The van der Waals surface area contributed by atoms with E-state index in [9.17, 15) is 4.79 Å². The molecular formula is C21H21NO2. The van der Waals surface area contributed by atoms with Crippen molar-refractivity contribution in [3.8, 4) is 5.75 Å². The molecule has 0 saturated heterocycles. The fourth-order valence-electron chi connectivity index (χ4n) is 3.94. The van der Waals surface area contributed by atoms with Crippen LogP contribution in [0.5, 0.6) is 5.75 Å². The summed E-state index contributed by atoms with van der Waals surface area (Å²) in [4.78, 5) is 13.3. The number of para-hydroxylation sites is 1. The molecule has 24 heavy (non-hydrogen) atoms. The molecule has 0 aliphatic carbocycles. The first-order valence-electron chi connectivity index (χ1n) is 8.42. The van der Waals surface area contributed by atoms with Crippen molar-refractivity contribution in [3.05, 3.63) is 64.8 Å². The van der Waals surface area contributed by atoms with Crippen LogP contribution < -0.4 is 4.74 Å². The Labute approximate surface area is 141 Å². The summed E-state index contributed by atoms with van der Waals surface area (Å²) in [5, 5.41) is 1.08. The minimum atomic E-state index is 0.107. The van der Waals surface area contributed by atoms with Crippen LogP contribution in [0.4, 0.5) is 0 Å². The van der Waals surface area contributed by atoms with Gasteiger partial charge in [0.05, 0.1) is 18.2 Å². The predicted molar refractivity (Wildman–Crippen MR) is 96.1 cm³/mol. The Balaban J connectivity index is 1.94. The van der Waals surface area contributed by atoms with Crippen molar-refractivity contribution in [2.45, 2.75) is 32.7 Å². The van der Waals surface area contributed by atoms with Crippen molar-refractivity contribution >= 4 is 16.7 Å². The second-order valence-electron chi connectivity index (χ2n) is 6.63. The Hall–Kier alpha value is -2.55. The highest BCUT2D eigenvalue weighted by Gasteiger charge is 2.30. The third-order valence-corrected chi connectivity index (χ3v) is 5.16. The number of aryl methyl sites for hydroxylation is 2. The van der Waals surface area contributed by atoms with Gasteiger partial charge in [-0.25, -0.2) is 0 Å². The van der Waals surface area contributed by atoms with Crippen LogP contribution >= 0.6 is 0 Å². The first kappa shape index (κ1) is 15.0. The lowest BCUT2D eigenvalue weighted by Gasteiger charge is -2.07. The van der Waals surface area contributed by atoms with Crippen LogP contribution in [-0.2, 0) is 6.54 Å². The number of hydrogen-bond acceptors (Lipinski definition) is 2. The van der Waals surface area contributed by atoms with Crippen molar-refractivity contribution < 1.29 is 9.53 Å². The summed E-state index contributed by atoms with van der Waals surface area (Å²) in [6.07, 6.45) is 1.10. The molecule has 1 aliphatic rings. The number of benzene rings is 2. The largest absolute Gasteiger partial charge is 0.497 e. The van der Waals surface area contributed by atoms with Gasteiger partial charge in [-0.2, -0.15) is 0 Å². The van der Waals surface area contributed by atoms with Gasteiger partial charge in [0.1, 0.15) is 5.75 Å². The fraction of sp³-hybridized carbons (Fsp3) is 0.286. The molecule has 1 aliphatic heterocycles. The number of carbonyl (C=O) groups is 1. The SMILES string of the molecule is COc1ccc(C(=O)c2c3n(c4c(C)cccc24)CCC3C)cc1. The number of carbonyl (C=O) groups excluding carboxylic acids is 1. The number of nitrogens with zero attached hydrogens (tertiary/aromatic N) is 1. The molecule has 0 saturated carbocycles. The molecule has 3 nitrogen and oxygen atoms in total. The van der Waals surface area contributed by atoms with Crippen molar-refractivity contribution in [1.29, 1.82) is 0 Å². The van der Waals surface area contributed by atoms with Crippen LogP contribution in [0, 0.1) is 6.92 Å². The van der Waals surface area contributed by atoms with E-state index >= 15 is 0 Å². The van der Waals surface area contributed by atoms with E-state index in [1.54, 1.807) is 7.11 Å². The first-order chi connectivity index (χ1) is 11.6. The molecule has 122 valence electrons. The van der Waals surface area contributed by atoms with E-state index in [1.807, 2.05) is 30.3 Å². The third kappa shape index (κ3) is 2.08. The number of fused-ring (bicyclic) bond motifs is 3. The molecule has 3 aromatic rings. The minimum Gasteiger partial charge on any atom is -0.497 e. The Morgan fingerprint density at radius 3 is 2.62 bits per heavy atom. The maximum absolute atomic E-state index is 13.3. The Morgan fingerprint density at radius 1 is 1.17 bits per heavy atom. The maximum Gasteiger partial charge on any atom is 0.195 e. The van der Waals surface area contributed by atoms with Gasteiger partial charge in [-0.05, 0) is 49.1 Å². The van der Waals surface area contributed by atoms with Gasteiger partial charge in [0, 0.05) is 23.2 Å². The van der Waals surface area contributed by atoms with Crippen LogP contribution in [0.3, 0.4) is 0 Å². The van der Waals surface area contributed by atoms with E-state index in [4.69, 9.17) is 4.74 Å². The number of aromatic nitrogens is 1. The lowest BCUT2D eigenvalue weighted by molar-refractivity contribution is 0.103. The van der Waals surface area contributed by atoms with E-state index in [0.717, 1.165) is 29.7 Å². The molecule has 2 aromatic carbocycles. The van der Waals surface area contributed by atoms with Crippen LogP contribution in [0.15, 0.2) is 42.5 Å². The molecular weight excluding hydrogens is 298 g/mol. The number of methoxy groups -OCH3 is 1. The normalized spacial score (nSPS) is 16.4. The van der Waals surface area contributed by atoms with Crippen molar-refractivity contribution in [2.75, 3.05) is 7.11 Å². The number of ether oxygens (including phenoxy) is 1. The maximum atomic E-state index is 13.3. The van der Waals surface area contributed by atoms with Gasteiger partial charge >= 0.3 is 0 Å². The summed E-state index contributed by atoms with van der Waals surface area (Å²) in [6.45, 7) is 5.34. The fourth-order valence-corrected chi connectivity index (χ4v) is 3.94. The summed E-state index contributed by atoms with van der Waals surface area (Å²) in [5.74, 6) is 1.28. The molecule has 2 heterocycles. The summed E-state index contributed by atoms with van der Waals surface area (Å²) < 4.78 is 7.55. The van der Waals surface area contributed by atoms with E-state index < -0.39 is 0 Å². The zero-order valence-corrected chi connectivity index (χ0v) is 14.3. The first-order valence-corrected chi connectivity index (χ1v) is 8.42. The average Bonchev–Trinajstić information content (AvgIpc) is 3.13. The molecule has 0 amide bonds. The molecule has 0 N–H and O–H groups in total. The number of rotatable bonds is 3. The van der Waals surface area contributed by atoms with Crippen LogP contribution in [0.2, 0.25) is 0 Å². The van der Waals surface area contributed by atoms with Gasteiger partial charge < -0.3 is 9.30 Å². The van der Waals surface area contributed by atoms with Crippen molar-refractivity contribution in [1.82, 2.24) is 4.57 Å². The number of hydrogen-bond donors (Lipinski definition) is 0. The van der Waals surface area contributed by atoms with Gasteiger partial charge in [0.15, 0.2) is 5.78 Å². The van der Waals surface area contributed by atoms with Gasteiger partial charge in [-0.15, -0.1) is 0 Å². The van der Waals surface area contributed by atoms with E-state index in [2.05, 4.69) is 30.5 Å².